The molecule has 0 radical (unpaired) electrons. The Morgan fingerprint density at radius 3 is 1.43 bits per heavy atom. The van der Waals surface area contributed by atoms with E-state index < -0.39 is 11.2 Å². The fourth-order valence-electron chi connectivity index (χ4n) is 6.39. The lowest BCUT2D eigenvalue weighted by atomic mass is 9.57. The van der Waals surface area contributed by atoms with Crippen LogP contribution in [0.1, 0.15) is 154 Å². The number of hydrogen-bond donors (Lipinski definition) is 0. The van der Waals surface area contributed by atoms with Crippen LogP contribution in [-0.2, 0) is 19.1 Å². The minimum atomic E-state index is -0.595. The van der Waals surface area contributed by atoms with Gasteiger partial charge in [-0.2, -0.15) is 0 Å². The molecule has 0 heterocycles. The van der Waals surface area contributed by atoms with Crippen LogP contribution >= 0.6 is 0 Å². The number of carbonyl (C=O) groups is 2. The molecule has 0 aliphatic carbocycles. The van der Waals surface area contributed by atoms with Crippen LogP contribution in [0.5, 0.6) is 0 Å². The van der Waals surface area contributed by atoms with E-state index >= 15 is 0 Å². The highest BCUT2D eigenvalue weighted by atomic mass is 16.6. The molecular weight excluding hydrogens is 436 g/mol. The molecule has 2 unspecified atom stereocenters. The van der Waals surface area contributed by atoms with Gasteiger partial charge in [-0.15, -0.1) is 0 Å². The third-order valence-corrected chi connectivity index (χ3v) is 10.4. The summed E-state index contributed by atoms with van der Waals surface area (Å²) in [7, 11) is 0. The van der Waals surface area contributed by atoms with Crippen molar-refractivity contribution in [2.45, 2.75) is 165 Å². The van der Waals surface area contributed by atoms with E-state index in [1.54, 1.807) is 0 Å². The van der Waals surface area contributed by atoms with Crippen molar-refractivity contribution in [2.24, 2.45) is 22.7 Å². The first-order valence-corrected chi connectivity index (χ1v) is 14.8. The minimum absolute atomic E-state index is 0.0876. The minimum Gasteiger partial charge on any atom is -0.459 e. The predicted octanol–water partition coefficient (Wildman–Crippen LogP) is 9.29. The molecule has 0 fully saturated rings. The Morgan fingerprint density at radius 2 is 1.09 bits per heavy atom. The van der Waals surface area contributed by atoms with E-state index in [0.29, 0.717) is 12.8 Å². The summed E-state index contributed by atoms with van der Waals surface area (Å²) >= 11 is 0. The standard InChI is InChI=1S/C31H60O4/c1-13-25(23-27(33)34-29(12,16-4)17-5)30(18-6,19-7)31(20-8,21-9)35-26(32)22-24(10)28(11,14-2)15-3/h24-25H,13-23H2,1-12H3. The highest BCUT2D eigenvalue weighted by Gasteiger charge is 2.54. The van der Waals surface area contributed by atoms with E-state index in [2.05, 4.69) is 76.2 Å². The molecule has 0 aromatic rings. The van der Waals surface area contributed by atoms with E-state index in [1.165, 1.54) is 0 Å². The topological polar surface area (TPSA) is 52.6 Å². The zero-order chi connectivity index (χ0) is 27.5. The first-order chi connectivity index (χ1) is 16.3. The zero-order valence-electron chi connectivity index (χ0n) is 25.6. The van der Waals surface area contributed by atoms with Crippen molar-refractivity contribution in [3.8, 4) is 0 Å². The van der Waals surface area contributed by atoms with Gasteiger partial charge in [0.05, 0.1) is 0 Å². The van der Waals surface area contributed by atoms with Gasteiger partial charge in [0.2, 0.25) is 0 Å². The van der Waals surface area contributed by atoms with Crippen LogP contribution < -0.4 is 0 Å². The molecule has 2 atom stereocenters. The molecular formula is C31H60O4. The summed E-state index contributed by atoms with van der Waals surface area (Å²) in [4.78, 5) is 26.6. The lowest BCUT2D eigenvalue weighted by molar-refractivity contribution is -0.195. The van der Waals surface area contributed by atoms with Crippen LogP contribution in [0.2, 0.25) is 0 Å². The van der Waals surface area contributed by atoms with Crippen LogP contribution in [0.25, 0.3) is 0 Å². The van der Waals surface area contributed by atoms with Gasteiger partial charge >= 0.3 is 11.9 Å². The van der Waals surface area contributed by atoms with E-state index in [0.717, 1.165) is 57.8 Å². The predicted molar refractivity (Wildman–Crippen MR) is 148 cm³/mol. The third-order valence-electron chi connectivity index (χ3n) is 10.4. The highest BCUT2D eigenvalue weighted by Crippen LogP contribution is 2.53. The second-order valence-electron chi connectivity index (χ2n) is 11.4. The second kappa shape index (κ2) is 14.6. The zero-order valence-corrected chi connectivity index (χ0v) is 25.6. The fourth-order valence-corrected chi connectivity index (χ4v) is 6.39. The molecule has 4 heteroatoms. The average Bonchev–Trinajstić information content (AvgIpc) is 2.86. The number of carbonyl (C=O) groups excluding carboxylic acids is 2. The quantitative estimate of drug-likeness (QED) is 0.177. The lowest BCUT2D eigenvalue weighted by Crippen LogP contribution is -2.55. The van der Waals surface area contributed by atoms with Crippen molar-refractivity contribution in [3.63, 3.8) is 0 Å². The Bertz CT molecular complexity index is 622. The number of ether oxygens (including phenoxy) is 2. The third kappa shape index (κ3) is 7.71. The van der Waals surface area contributed by atoms with Crippen LogP contribution in [0, 0.1) is 22.7 Å². The Hall–Kier alpha value is -1.06. The van der Waals surface area contributed by atoms with Crippen LogP contribution in [0.15, 0.2) is 0 Å². The van der Waals surface area contributed by atoms with Crippen molar-refractivity contribution >= 4 is 11.9 Å². The SMILES string of the molecule is CCC(CC(=O)OC(C)(CC)CC)C(CC)(CC)C(CC)(CC)OC(=O)CC(C)C(C)(CC)CC. The maximum Gasteiger partial charge on any atom is 0.306 e. The van der Waals surface area contributed by atoms with E-state index in [4.69, 9.17) is 9.47 Å². The summed E-state index contributed by atoms with van der Waals surface area (Å²) in [5.41, 5.74) is -1.16. The van der Waals surface area contributed by atoms with Crippen LogP contribution in [0.3, 0.4) is 0 Å². The maximum absolute atomic E-state index is 13.4. The summed E-state index contributed by atoms with van der Waals surface area (Å²) in [6, 6.07) is 0. The van der Waals surface area contributed by atoms with Gasteiger partial charge in [-0.1, -0.05) is 95.4 Å². The summed E-state index contributed by atoms with van der Waals surface area (Å²) in [5.74, 6) is 0.121. The lowest BCUT2D eigenvalue weighted by Gasteiger charge is -2.53. The van der Waals surface area contributed by atoms with Crippen LogP contribution in [-0.4, -0.2) is 23.1 Å². The summed E-state index contributed by atoms with van der Waals surface area (Å²) < 4.78 is 12.5. The van der Waals surface area contributed by atoms with Gasteiger partial charge in [0, 0.05) is 18.3 Å². The van der Waals surface area contributed by atoms with Gasteiger partial charge in [-0.25, -0.2) is 0 Å². The molecule has 0 saturated heterocycles. The normalized spacial score (nSPS) is 15.0. The van der Waals surface area contributed by atoms with Gasteiger partial charge < -0.3 is 9.47 Å². The van der Waals surface area contributed by atoms with Gasteiger partial charge in [0.25, 0.3) is 0 Å². The first kappa shape index (κ1) is 33.9. The molecule has 0 bridgehead atoms. The Labute approximate surface area is 218 Å². The summed E-state index contributed by atoms with van der Waals surface area (Å²) in [6.07, 6.45) is 8.58. The molecule has 0 aromatic carbocycles. The van der Waals surface area contributed by atoms with Crippen molar-refractivity contribution in [2.75, 3.05) is 0 Å². The van der Waals surface area contributed by atoms with Crippen molar-refractivity contribution in [3.05, 3.63) is 0 Å². The van der Waals surface area contributed by atoms with E-state index in [-0.39, 0.29) is 34.6 Å². The van der Waals surface area contributed by atoms with Crippen molar-refractivity contribution in [1.29, 1.82) is 0 Å². The van der Waals surface area contributed by atoms with Gasteiger partial charge in [0.15, 0.2) is 0 Å². The molecule has 35 heavy (non-hydrogen) atoms. The highest BCUT2D eigenvalue weighted by molar-refractivity contribution is 5.71. The molecule has 208 valence electrons. The van der Waals surface area contributed by atoms with Gasteiger partial charge in [-0.05, 0) is 62.7 Å². The summed E-state index contributed by atoms with van der Waals surface area (Å²) in [5, 5.41) is 0. The number of rotatable bonds is 18. The molecule has 0 N–H and O–H groups in total. The molecule has 0 rings (SSSR count). The smallest absolute Gasteiger partial charge is 0.306 e. The molecule has 0 spiro atoms. The van der Waals surface area contributed by atoms with E-state index in [1.807, 2.05) is 6.92 Å². The summed E-state index contributed by atoms with van der Waals surface area (Å²) in [6.45, 7) is 25.9. The average molecular weight is 497 g/mol. The monoisotopic (exact) mass is 496 g/mol. The molecule has 4 nitrogen and oxygen atoms in total. The van der Waals surface area contributed by atoms with Crippen molar-refractivity contribution in [1.82, 2.24) is 0 Å². The number of hydrogen-bond acceptors (Lipinski definition) is 4. The molecule has 0 amide bonds. The Balaban J connectivity index is 6.11. The molecule has 0 saturated carbocycles. The van der Waals surface area contributed by atoms with Crippen LogP contribution in [0.4, 0.5) is 0 Å². The van der Waals surface area contributed by atoms with Gasteiger partial charge in [0.1, 0.15) is 11.2 Å². The van der Waals surface area contributed by atoms with Crippen molar-refractivity contribution < 1.29 is 19.1 Å². The first-order valence-electron chi connectivity index (χ1n) is 14.8. The second-order valence-corrected chi connectivity index (χ2v) is 11.4. The maximum atomic E-state index is 13.4. The van der Waals surface area contributed by atoms with Gasteiger partial charge in [-0.3, -0.25) is 9.59 Å². The number of esters is 2. The Kier molecular flexibility index (Phi) is 14.2. The molecule has 0 aliphatic heterocycles. The van der Waals surface area contributed by atoms with E-state index in [9.17, 15) is 9.59 Å². The largest absolute Gasteiger partial charge is 0.459 e. The molecule has 0 aliphatic rings. The Morgan fingerprint density at radius 1 is 0.629 bits per heavy atom. The fraction of sp³-hybridized carbons (Fsp3) is 0.935. The molecule has 0 aromatic heterocycles.